The number of piperidine rings is 2. The van der Waals surface area contributed by atoms with Crippen LogP contribution >= 0.6 is 0 Å². The van der Waals surface area contributed by atoms with Gasteiger partial charge in [0.05, 0.1) is 0 Å². The van der Waals surface area contributed by atoms with Crippen LogP contribution in [0, 0.1) is 18.3 Å². The molecule has 1 aromatic rings. The van der Waals surface area contributed by atoms with Crippen molar-refractivity contribution in [1.82, 2.24) is 14.9 Å². The summed E-state index contributed by atoms with van der Waals surface area (Å²) in [5, 5.41) is 0. The van der Waals surface area contributed by atoms with Crippen LogP contribution in [-0.2, 0) is 4.79 Å². The Morgan fingerprint density at radius 3 is 2.80 bits per heavy atom. The number of likely N-dealkylation sites (tertiary alicyclic amines) is 1. The molecule has 1 atom stereocenters. The van der Waals surface area contributed by atoms with Gasteiger partial charge in [-0.15, -0.1) is 0 Å². The molecular formula is C19H31N5O. The maximum Gasteiger partial charge on any atom is 0.222 e. The minimum Gasteiger partial charge on any atom is -0.368 e. The van der Waals surface area contributed by atoms with Gasteiger partial charge in [-0.1, -0.05) is 13.8 Å². The molecule has 2 aliphatic rings. The topological polar surface area (TPSA) is 75.4 Å². The summed E-state index contributed by atoms with van der Waals surface area (Å²) in [6.07, 6.45) is 5.06. The van der Waals surface area contributed by atoms with Crippen LogP contribution in [0.2, 0.25) is 0 Å². The van der Waals surface area contributed by atoms with E-state index in [0.29, 0.717) is 24.2 Å². The molecule has 1 amide bonds. The van der Waals surface area contributed by atoms with Gasteiger partial charge in [0.25, 0.3) is 0 Å². The van der Waals surface area contributed by atoms with E-state index in [4.69, 9.17) is 5.73 Å². The van der Waals surface area contributed by atoms with Gasteiger partial charge < -0.3 is 15.5 Å². The van der Waals surface area contributed by atoms with Gasteiger partial charge in [-0.25, -0.2) is 4.98 Å². The van der Waals surface area contributed by atoms with Crippen molar-refractivity contribution in [2.75, 3.05) is 36.8 Å². The maximum absolute atomic E-state index is 12.3. The standard InChI is InChI=1S/C19H31N5O/c1-14(2)6-10-24-13-19(8-5-17(24)25)7-4-9-23(12-19)16-11-15(3)21-18(20)22-16/h11,14H,4-10,12-13H2,1-3H3,(H2,20,21,22)/t19-/m1/s1. The van der Waals surface area contributed by atoms with Crippen molar-refractivity contribution < 1.29 is 4.79 Å². The molecule has 0 unspecified atom stereocenters. The van der Waals surface area contributed by atoms with E-state index in [1.807, 2.05) is 13.0 Å². The molecular weight excluding hydrogens is 314 g/mol. The molecule has 2 N–H and O–H groups in total. The highest BCUT2D eigenvalue weighted by molar-refractivity contribution is 5.77. The quantitative estimate of drug-likeness (QED) is 0.908. The second-order valence-electron chi connectivity index (χ2n) is 8.25. The Labute approximate surface area is 150 Å². The van der Waals surface area contributed by atoms with Crippen LogP contribution in [-0.4, -0.2) is 47.0 Å². The predicted molar refractivity (Wildman–Crippen MR) is 100 cm³/mol. The molecule has 25 heavy (non-hydrogen) atoms. The van der Waals surface area contributed by atoms with E-state index in [2.05, 4.69) is 33.6 Å². The molecule has 1 aromatic heterocycles. The highest BCUT2D eigenvalue weighted by Crippen LogP contribution is 2.40. The SMILES string of the molecule is Cc1cc(N2CCC[C@@]3(CCC(=O)N(CCC(C)C)C3)C2)nc(N)n1. The van der Waals surface area contributed by atoms with Crippen molar-refractivity contribution in [2.45, 2.75) is 52.9 Å². The minimum atomic E-state index is 0.191. The number of carbonyl (C=O) groups is 1. The first kappa shape index (κ1) is 18.0. The van der Waals surface area contributed by atoms with Crippen molar-refractivity contribution in [3.8, 4) is 0 Å². The van der Waals surface area contributed by atoms with Crippen molar-refractivity contribution in [1.29, 1.82) is 0 Å². The summed E-state index contributed by atoms with van der Waals surface area (Å²) in [5.41, 5.74) is 6.94. The van der Waals surface area contributed by atoms with Gasteiger partial charge in [-0.05, 0) is 38.5 Å². The van der Waals surface area contributed by atoms with Crippen molar-refractivity contribution in [3.05, 3.63) is 11.8 Å². The van der Waals surface area contributed by atoms with E-state index < -0.39 is 0 Å². The number of nitrogens with zero attached hydrogens (tertiary/aromatic N) is 4. The second-order valence-corrected chi connectivity index (χ2v) is 8.25. The Morgan fingerprint density at radius 2 is 2.08 bits per heavy atom. The molecule has 2 aliphatic heterocycles. The average molecular weight is 345 g/mol. The number of aryl methyl sites for hydroxylation is 1. The van der Waals surface area contributed by atoms with Crippen LogP contribution in [0.15, 0.2) is 6.07 Å². The second kappa shape index (κ2) is 7.18. The number of anilines is 2. The summed E-state index contributed by atoms with van der Waals surface area (Å²) in [6, 6.07) is 2.01. The molecule has 0 saturated carbocycles. The monoisotopic (exact) mass is 345 g/mol. The first-order valence-electron chi connectivity index (χ1n) is 9.51. The predicted octanol–water partition coefficient (Wildman–Crippen LogP) is 2.62. The zero-order valence-corrected chi connectivity index (χ0v) is 15.8. The Hall–Kier alpha value is -1.85. The summed E-state index contributed by atoms with van der Waals surface area (Å²) in [5.74, 6) is 2.22. The number of carbonyl (C=O) groups excluding carboxylic acids is 1. The zero-order chi connectivity index (χ0) is 18.0. The fourth-order valence-electron chi connectivity index (χ4n) is 4.19. The van der Waals surface area contributed by atoms with Crippen LogP contribution in [0.25, 0.3) is 0 Å². The number of amides is 1. The van der Waals surface area contributed by atoms with Crippen LogP contribution in [0.4, 0.5) is 11.8 Å². The lowest BCUT2D eigenvalue weighted by molar-refractivity contribution is -0.138. The number of hydrogen-bond donors (Lipinski definition) is 1. The van der Waals surface area contributed by atoms with E-state index >= 15 is 0 Å². The fourth-order valence-corrected chi connectivity index (χ4v) is 4.19. The Morgan fingerprint density at radius 1 is 1.28 bits per heavy atom. The third-order valence-corrected chi connectivity index (χ3v) is 5.57. The molecule has 3 rings (SSSR count). The number of nitrogens with two attached hydrogens (primary N) is 1. The van der Waals surface area contributed by atoms with Crippen molar-refractivity contribution in [3.63, 3.8) is 0 Å². The van der Waals surface area contributed by atoms with Crippen LogP contribution in [0.3, 0.4) is 0 Å². The summed E-state index contributed by atoms with van der Waals surface area (Å²) < 4.78 is 0. The van der Waals surface area contributed by atoms with Gasteiger partial charge >= 0.3 is 0 Å². The number of aromatic nitrogens is 2. The minimum absolute atomic E-state index is 0.191. The first-order valence-corrected chi connectivity index (χ1v) is 9.51. The number of nitrogen functional groups attached to an aromatic ring is 1. The van der Waals surface area contributed by atoms with Gasteiger partial charge in [0.2, 0.25) is 11.9 Å². The van der Waals surface area contributed by atoms with Gasteiger partial charge in [-0.2, -0.15) is 4.98 Å². The van der Waals surface area contributed by atoms with E-state index in [9.17, 15) is 4.79 Å². The van der Waals surface area contributed by atoms with Gasteiger partial charge in [0.1, 0.15) is 5.82 Å². The zero-order valence-electron chi connectivity index (χ0n) is 15.8. The van der Waals surface area contributed by atoms with E-state index in [0.717, 1.165) is 57.0 Å². The van der Waals surface area contributed by atoms with Gasteiger partial charge in [0, 0.05) is 49.8 Å². The van der Waals surface area contributed by atoms with Gasteiger partial charge in [-0.3, -0.25) is 4.79 Å². The molecule has 6 nitrogen and oxygen atoms in total. The smallest absolute Gasteiger partial charge is 0.222 e. The summed E-state index contributed by atoms with van der Waals surface area (Å²) >= 11 is 0. The summed E-state index contributed by atoms with van der Waals surface area (Å²) in [6.45, 7) is 10.1. The fraction of sp³-hybridized carbons (Fsp3) is 0.737. The Bertz CT molecular complexity index is 612. The highest BCUT2D eigenvalue weighted by atomic mass is 16.2. The molecule has 0 aromatic carbocycles. The van der Waals surface area contributed by atoms with E-state index in [1.54, 1.807) is 0 Å². The summed E-state index contributed by atoms with van der Waals surface area (Å²) in [7, 11) is 0. The molecule has 1 spiro atoms. The highest BCUT2D eigenvalue weighted by Gasteiger charge is 2.41. The molecule has 2 fully saturated rings. The van der Waals surface area contributed by atoms with Crippen molar-refractivity contribution in [2.24, 2.45) is 11.3 Å². The van der Waals surface area contributed by atoms with Crippen LogP contribution in [0.5, 0.6) is 0 Å². The molecule has 3 heterocycles. The molecule has 0 bridgehead atoms. The number of rotatable bonds is 4. The molecule has 2 saturated heterocycles. The lowest BCUT2D eigenvalue weighted by Crippen LogP contribution is -2.54. The molecule has 0 radical (unpaired) electrons. The normalized spacial score (nSPS) is 24.4. The molecule has 6 heteroatoms. The van der Waals surface area contributed by atoms with Crippen LogP contribution in [0.1, 0.15) is 51.6 Å². The summed E-state index contributed by atoms with van der Waals surface area (Å²) in [4.78, 5) is 25.4. The maximum atomic E-state index is 12.3. The average Bonchev–Trinajstić information content (AvgIpc) is 2.55. The van der Waals surface area contributed by atoms with Crippen molar-refractivity contribution >= 4 is 17.7 Å². The van der Waals surface area contributed by atoms with E-state index in [-0.39, 0.29) is 5.41 Å². The molecule has 138 valence electrons. The van der Waals surface area contributed by atoms with E-state index in [1.165, 1.54) is 6.42 Å². The third-order valence-electron chi connectivity index (χ3n) is 5.57. The van der Waals surface area contributed by atoms with Crippen LogP contribution < -0.4 is 10.6 Å². The lowest BCUT2D eigenvalue weighted by atomic mass is 9.73. The Kier molecular flexibility index (Phi) is 5.16. The largest absolute Gasteiger partial charge is 0.368 e. The first-order chi connectivity index (χ1) is 11.9. The Balaban J connectivity index is 1.73. The molecule has 0 aliphatic carbocycles. The lowest BCUT2D eigenvalue weighted by Gasteiger charge is -2.48. The van der Waals surface area contributed by atoms with Gasteiger partial charge in [0.15, 0.2) is 0 Å². The third kappa shape index (κ3) is 4.22. The number of hydrogen-bond acceptors (Lipinski definition) is 5.